The first-order valence-electron chi connectivity index (χ1n) is 4.35. The zero-order valence-electron chi connectivity index (χ0n) is 8.14. The van der Waals surface area contributed by atoms with E-state index in [4.69, 9.17) is 9.84 Å². The molecule has 15 heavy (non-hydrogen) atoms. The molecule has 1 aromatic carbocycles. The molecular weight excluding hydrogens is 270 g/mol. The van der Waals surface area contributed by atoms with Crippen LogP contribution in [0, 0.1) is 6.92 Å². The lowest BCUT2D eigenvalue weighted by Crippen LogP contribution is -2.09. The minimum absolute atomic E-state index is 0.237. The van der Waals surface area contributed by atoms with E-state index in [1.807, 2.05) is 0 Å². The maximum absolute atomic E-state index is 12.0. The summed E-state index contributed by atoms with van der Waals surface area (Å²) in [6.07, 6.45) is -2.51. The second kappa shape index (κ2) is 5.42. The fraction of sp³-hybridized carbons (Fsp3) is 0.400. The molecule has 0 heterocycles. The van der Waals surface area contributed by atoms with Gasteiger partial charge in [-0.25, -0.2) is 8.78 Å². The van der Waals surface area contributed by atoms with Gasteiger partial charge < -0.3 is 9.84 Å². The number of aryl methyl sites for hydroxylation is 1. The van der Waals surface area contributed by atoms with E-state index in [-0.39, 0.29) is 6.61 Å². The molecule has 0 saturated heterocycles. The molecular formula is C10H11BrF2O2. The van der Waals surface area contributed by atoms with Crippen LogP contribution in [-0.4, -0.2) is 18.1 Å². The highest BCUT2D eigenvalue weighted by molar-refractivity contribution is 9.10. The number of aliphatic hydroxyl groups excluding tert-OH is 1. The van der Waals surface area contributed by atoms with E-state index in [9.17, 15) is 8.78 Å². The average Bonchev–Trinajstić information content (AvgIpc) is 2.14. The van der Waals surface area contributed by atoms with Gasteiger partial charge in [0.15, 0.2) is 0 Å². The van der Waals surface area contributed by atoms with Crippen LogP contribution in [0.2, 0.25) is 0 Å². The summed E-state index contributed by atoms with van der Waals surface area (Å²) in [7, 11) is 0. The SMILES string of the molecule is Cc1cc(Br)cc(CO)c1OCC(F)F. The lowest BCUT2D eigenvalue weighted by molar-refractivity contribution is 0.0802. The average molecular weight is 281 g/mol. The summed E-state index contributed by atoms with van der Waals surface area (Å²) in [5.74, 6) is 0.334. The van der Waals surface area contributed by atoms with Gasteiger partial charge in [-0.3, -0.25) is 0 Å². The molecule has 1 rings (SSSR count). The minimum Gasteiger partial charge on any atom is -0.487 e. The van der Waals surface area contributed by atoms with Crippen molar-refractivity contribution in [3.8, 4) is 5.75 Å². The number of hydrogen-bond acceptors (Lipinski definition) is 2. The summed E-state index contributed by atoms with van der Waals surface area (Å²) in [4.78, 5) is 0. The molecule has 0 bridgehead atoms. The van der Waals surface area contributed by atoms with Crippen molar-refractivity contribution in [2.75, 3.05) is 6.61 Å². The van der Waals surface area contributed by atoms with Gasteiger partial charge in [0, 0.05) is 10.0 Å². The van der Waals surface area contributed by atoms with Crippen molar-refractivity contribution in [2.24, 2.45) is 0 Å². The van der Waals surface area contributed by atoms with Crippen molar-refractivity contribution in [1.29, 1.82) is 0 Å². The maximum atomic E-state index is 12.0. The van der Waals surface area contributed by atoms with Crippen LogP contribution >= 0.6 is 15.9 Å². The summed E-state index contributed by atoms with van der Waals surface area (Å²) in [6, 6.07) is 3.40. The summed E-state index contributed by atoms with van der Waals surface area (Å²) in [5, 5.41) is 9.04. The smallest absolute Gasteiger partial charge is 0.272 e. The zero-order chi connectivity index (χ0) is 11.4. The molecule has 0 spiro atoms. The monoisotopic (exact) mass is 280 g/mol. The zero-order valence-corrected chi connectivity index (χ0v) is 9.72. The Labute approximate surface area is 95.0 Å². The normalized spacial score (nSPS) is 10.8. The van der Waals surface area contributed by atoms with E-state index in [0.717, 1.165) is 4.47 Å². The number of aliphatic hydroxyl groups is 1. The fourth-order valence-electron chi connectivity index (χ4n) is 1.27. The van der Waals surface area contributed by atoms with Crippen LogP contribution in [0.4, 0.5) is 8.78 Å². The molecule has 0 aliphatic carbocycles. The lowest BCUT2D eigenvalue weighted by atomic mass is 10.1. The van der Waals surface area contributed by atoms with Gasteiger partial charge in [-0.1, -0.05) is 15.9 Å². The second-order valence-corrected chi connectivity index (χ2v) is 3.99. The number of rotatable bonds is 4. The van der Waals surface area contributed by atoms with E-state index in [2.05, 4.69) is 15.9 Å². The van der Waals surface area contributed by atoms with Crippen molar-refractivity contribution < 1.29 is 18.6 Å². The topological polar surface area (TPSA) is 29.5 Å². The Morgan fingerprint density at radius 2 is 2.13 bits per heavy atom. The largest absolute Gasteiger partial charge is 0.487 e. The number of alkyl halides is 2. The van der Waals surface area contributed by atoms with E-state index in [1.54, 1.807) is 19.1 Å². The van der Waals surface area contributed by atoms with Crippen LogP contribution in [0.1, 0.15) is 11.1 Å². The van der Waals surface area contributed by atoms with Gasteiger partial charge in [-0.2, -0.15) is 0 Å². The Morgan fingerprint density at radius 1 is 1.47 bits per heavy atom. The van der Waals surface area contributed by atoms with Crippen LogP contribution in [0.5, 0.6) is 5.75 Å². The third-order valence-corrected chi connectivity index (χ3v) is 2.30. The van der Waals surface area contributed by atoms with Gasteiger partial charge in [-0.15, -0.1) is 0 Å². The molecule has 1 aromatic rings. The first-order valence-corrected chi connectivity index (χ1v) is 5.14. The van der Waals surface area contributed by atoms with Crippen LogP contribution in [0.3, 0.4) is 0 Å². The predicted octanol–water partition coefficient (Wildman–Crippen LogP) is 2.89. The molecule has 0 aliphatic heterocycles. The van der Waals surface area contributed by atoms with Crippen molar-refractivity contribution in [2.45, 2.75) is 20.0 Å². The number of halogens is 3. The third-order valence-electron chi connectivity index (χ3n) is 1.84. The van der Waals surface area contributed by atoms with Crippen LogP contribution in [0.25, 0.3) is 0 Å². The van der Waals surface area contributed by atoms with Gasteiger partial charge in [-0.05, 0) is 24.6 Å². The highest BCUT2D eigenvalue weighted by Gasteiger charge is 2.11. The van der Waals surface area contributed by atoms with Gasteiger partial charge in [0.05, 0.1) is 6.61 Å². The number of benzene rings is 1. The van der Waals surface area contributed by atoms with Crippen LogP contribution < -0.4 is 4.74 Å². The van der Waals surface area contributed by atoms with E-state index >= 15 is 0 Å². The minimum atomic E-state index is -2.51. The number of hydrogen-bond donors (Lipinski definition) is 1. The predicted molar refractivity (Wildman–Crippen MR) is 56.3 cm³/mol. The first-order chi connectivity index (χ1) is 7.04. The Morgan fingerprint density at radius 3 is 2.67 bits per heavy atom. The van der Waals surface area contributed by atoms with Gasteiger partial charge >= 0.3 is 0 Å². The molecule has 0 atom stereocenters. The Balaban J connectivity index is 2.93. The van der Waals surface area contributed by atoms with E-state index < -0.39 is 13.0 Å². The van der Waals surface area contributed by atoms with Crippen LogP contribution in [0.15, 0.2) is 16.6 Å². The van der Waals surface area contributed by atoms with E-state index in [0.29, 0.717) is 16.9 Å². The van der Waals surface area contributed by atoms with Crippen molar-refractivity contribution >= 4 is 15.9 Å². The molecule has 0 saturated carbocycles. The van der Waals surface area contributed by atoms with Gasteiger partial charge in [0.2, 0.25) is 0 Å². The summed E-state index contributed by atoms with van der Waals surface area (Å²) in [6.45, 7) is 0.846. The second-order valence-electron chi connectivity index (χ2n) is 3.07. The molecule has 1 N–H and O–H groups in total. The molecule has 5 heteroatoms. The molecule has 0 aromatic heterocycles. The molecule has 0 radical (unpaired) electrons. The Kier molecular flexibility index (Phi) is 4.47. The standard InChI is InChI=1S/C10H11BrF2O2/c1-6-2-8(11)3-7(4-14)10(6)15-5-9(12)13/h2-3,9,14H,4-5H2,1H3. The highest BCUT2D eigenvalue weighted by atomic mass is 79.9. The van der Waals surface area contributed by atoms with Crippen molar-refractivity contribution in [3.63, 3.8) is 0 Å². The molecule has 0 unspecified atom stereocenters. The molecule has 0 aliphatic rings. The summed E-state index contributed by atoms with van der Waals surface area (Å²) in [5.41, 5.74) is 1.22. The molecule has 84 valence electrons. The maximum Gasteiger partial charge on any atom is 0.272 e. The van der Waals surface area contributed by atoms with Gasteiger partial charge in [0.1, 0.15) is 12.4 Å². The molecule has 0 amide bonds. The van der Waals surface area contributed by atoms with Crippen LogP contribution in [-0.2, 0) is 6.61 Å². The quantitative estimate of drug-likeness (QED) is 0.919. The number of ether oxygens (including phenoxy) is 1. The van der Waals surface area contributed by atoms with Crippen molar-refractivity contribution in [3.05, 3.63) is 27.7 Å². The first kappa shape index (κ1) is 12.4. The van der Waals surface area contributed by atoms with Gasteiger partial charge in [0.25, 0.3) is 6.43 Å². The van der Waals surface area contributed by atoms with Crippen molar-refractivity contribution in [1.82, 2.24) is 0 Å². The van der Waals surface area contributed by atoms with E-state index in [1.165, 1.54) is 0 Å². The summed E-state index contributed by atoms with van der Waals surface area (Å²) < 4.78 is 29.7. The highest BCUT2D eigenvalue weighted by Crippen LogP contribution is 2.28. The molecule has 0 fully saturated rings. The summed E-state index contributed by atoms with van der Waals surface area (Å²) >= 11 is 3.25. The lowest BCUT2D eigenvalue weighted by Gasteiger charge is -2.13. The Hall–Kier alpha value is -0.680. The fourth-order valence-corrected chi connectivity index (χ4v) is 1.89. The Bertz CT molecular complexity index is 342. The third kappa shape index (κ3) is 3.43. The molecule has 2 nitrogen and oxygen atoms in total.